The van der Waals surface area contributed by atoms with Crippen molar-refractivity contribution in [3.63, 3.8) is 0 Å². The number of nitrogens with two attached hydrogens (primary N) is 1. The number of nitriles is 1. The van der Waals surface area contributed by atoms with Gasteiger partial charge in [-0.25, -0.2) is 14.6 Å². The molecule has 0 saturated carbocycles. The Labute approximate surface area is 302 Å². The summed E-state index contributed by atoms with van der Waals surface area (Å²) in [6.45, 7) is 9.68. The number of nitrogen functional groups attached to an aromatic ring is 1. The van der Waals surface area contributed by atoms with E-state index in [-0.39, 0.29) is 18.5 Å². The Morgan fingerprint density at radius 1 is 1.18 bits per heavy atom. The molecule has 2 aliphatic heterocycles. The number of amides is 1. The second kappa shape index (κ2) is 12.3. The number of nitrogens with one attached hydrogen (secondary N) is 1. The van der Waals surface area contributed by atoms with Crippen molar-refractivity contribution >= 4 is 39.1 Å². The predicted octanol–water partition coefficient (Wildman–Crippen LogP) is 4.86. The molecule has 1 amide bonds. The molecule has 14 heteroatoms. The lowest BCUT2D eigenvalue weighted by molar-refractivity contribution is -0.142. The summed E-state index contributed by atoms with van der Waals surface area (Å²) in [5.74, 6) is 1.47. The highest BCUT2D eigenvalue weighted by atomic mass is 32.1. The standard InChI is InChI=1S/C37H48N10O3S/c1-21(25-11-8-16-45(25)5)47-33-24(19-40-47)32(46-17-9-15-37(49,20-46)34(48)43-35(2,3)4)41-31(42-33)28-22-10-6-13-36(29(22)50-44-28)14-7-12-26-27(36)23(18-38)30(39)51-26/h19,21,25,49H,6-17,20,39H2,1-5H3,(H,43,48). The van der Waals surface area contributed by atoms with Gasteiger partial charge in [-0.1, -0.05) is 5.16 Å². The Morgan fingerprint density at radius 2 is 1.96 bits per heavy atom. The molecule has 6 heterocycles. The van der Waals surface area contributed by atoms with Gasteiger partial charge in [0, 0.05) is 28.6 Å². The molecule has 0 radical (unpaired) electrons. The van der Waals surface area contributed by atoms with Crippen molar-refractivity contribution in [1.82, 2.24) is 35.1 Å². The molecular formula is C37H48N10O3S. The smallest absolute Gasteiger partial charge is 0.254 e. The van der Waals surface area contributed by atoms with E-state index >= 15 is 0 Å². The third-order valence-electron chi connectivity index (χ3n) is 11.7. The van der Waals surface area contributed by atoms with Gasteiger partial charge in [0.2, 0.25) is 0 Å². The summed E-state index contributed by atoms with van der Waals surface area (Å²) < 4.78 is 8.36. The minimum Gasteiger partial charge on any atom is -0.389 e. The van der Waals surface area contributed by atoms with Crippen LogP contribution >= 0.6 is 11.3 Å². The first-order valence-electron chi connectivity index (χ1n) is 18.4. The molecule has 4 aromatic rings. The highest BCUT2D eigenvalue weighted by molar-refractivity contribution is 7.16. The van der Waals surface area contributed by atoms with E-state index in [0.717, 1.165) is 80.2 Å². The zero-order valence-electron chi connectivity index (χ0n) is 30.3. The van der Waals surface area contributed by atoms with E-state index in [1.165, 1.54) is 16.2 Å². The van der Waals surface area contributed by atoms with Crippen molar-refractivity contribution in [3.8, 4) is 17.6 Å². The van der Waals surface area contributed by atoms with Crippen LogP contribution in [-0.2, 0) is 23.1 Å². The molecule has 2 aliphatic carbocycles. The highest BCUT2D eigenvalue weighted by Gasteiger charge is 2.49. The predicted molar refractivity (Wildman–Crippen MR) is 196 cm³/mol. The van der Waals surface area contributed by atoms with Crippen LogP contribution in [0.1, 0.15) is 112 Å². The van der Waals surface area contributed by atoms with E-state index in [4.69, 9.17) is 30.5 Å². The number of thiophene rings is 1. The zero-order valence-corrected chi connectivity index (χ0v) is 31.1. The van der Waals surface area contributed by atoms with Gasteiger partial charge in [0.05, 0.1) is 35.1 Å². The van der Waals surface area contributed by atoms with Crippen LogP contribution in [0.2, 0.25) is 0 Å². The van der Waals surface area contributed by atoms with E-state index in [2.05, 4.69) is 30.3 Å². The van der Waals surface area contributed by atoms with Gasteiger partial charge in [-0.05, 0) is 111 Å². The van der Waals surface area contributed by atoms with E-state index in [1.54, 1.807) is 0 Å². The van der Waals surface area contributed by atoms with E-state index in [1.807, 2.05) is 36.5 Å². The van der Waals surface area contributed by atoms with Crippen LogP contribution in [0.3, 0.4) is 0 Å². The molecule has 2 fully saturated rings. The monoisotopic (exact) mass is 712 g/mol. The number of likely N-dealkylation sites (N-methyl/N-ethyl adjacent to an activating group) is 1. The average molecular weight is 713 g/mol. The van der Waals surface area contributed by atoms with E-state index in [9.17, 15) is 15.2 Å². The van der Waals surface area contributed by atoms with Gasteiger partial charge in [0.25, 0.3) is 5.91 Å². The van der Waals surface area contributed by atoms with Crippen molar-refractivity contribution in [2.24, 2.45) is 0 Å². The molecule has 8 rings (SSSR count). The van der Waals surface area contributed by atoms with Crippen molar-refractivity contribution in [1.29, 1.82) is 5.26 Å². The normalized spacial score (nSPS) is 25.9. The molecule has 4 aliphatic rings. The van der Waals surface area contributed by atoms with Crippen molar-refractivity contribution in [2.75, 3.05) is 37.3 Å². The number of aromatic nitrogens is 5. The Bertz CT molecular complexity index is 2050. The summed E-state index contributed by atoms with van der Waals surface area (Å²) in [7, 11) is 2.16. The quantitative estimate of drug-likeness (QED) is 0.258. The van der Waals surface area contributed by atoms with Crippen LogP contribution in [0, 0.1) is 11.3 Å². The largest absolute Gasteiger partial charge is 0.389 e. The maximum atomic E-state index is 13.5. The first kappa shape index (κ1) is 34.0. The second-order valence-corrected chi connectivity index (χ2v) is 17.4. The minimum atomic E-state index is -1.59. The SMILES string of the molecule is CC(C1CCCN1C)n1ncc2c(N3CCCC(O)(C(=O)NC(C)(C)C)C3)nc(-c3noc4c3CCCC43CCCc4sc(N)c(C#N)c43)nc21. The number of anilines is 2. The molecule has 270 valence electrons. The number of aliphatic hydroxyl groups is 1. The lowest BCUT2D eigenvalue weighted by Gasteiger charge is -2.40. The first-order valence-corrected chi connectivity index (χ1v) is 19.2. The number of hydrogen-bond acceptors (Lipinski definition) is 12. The van der Waals surface area contributed by atoms with Gasteiger partial charge in [0.1, 0.15) is 16.9 Å². The van der Waals surface area contributed by atoms with Gasteiger partial charge in [-0.15, -0.1) is 11.3 Å². The molecular weight excluding hydrogens is 665 g/mol. The number of fused-ring (bicyclic) bond motifs is 5. The molecule has 2 saturated heterocycles. The number of hydrogen-bond donors (Lipinski definition) is 3. The number of piperidine rings is 1. The van der Waals surface area contributed by atoms with Crippen LogP contribution in [0.15, 0.2) is 10.7 Å². The molecule has 1 spiro atoms. The molecule has 0 aromatic carbocycles. The Kier molecular flexibility index (Phi) is 8.20. The number of aryl methyl sites for hydroxylation is 1. The van der Waals surface area contributed by atoms with E-state index < -0.39 is 16.6 Å². The lowest BCUT2D eigenvalue weighted by Crippen LogP contribution is -2.60. The van der Waals surface area contributed by atoms with Crippen molar-refractivity contribution in [2.45, 2.75) is 121 Å². The number of nitrogens with zero attached hydrogens (tertiary/aromatic N) is 8. The summed E-state index contributed by atoms with van der Waals surface area (Å²) in [5.41, 5.74) is 7.71. The number of rotatable bonds is 5. The topological polar surface area (TPSA) is 175 Å². The van der Waals surface area contributed by atoms with E-state index in [0.29, 0.717) is 59.0 Å². The minimum absolute atomic E-state index is 0.0463. The number of carbonyl (C=O) groups is 1. The molecule has 13 nitrogen and oxygen atoms in total. The van der Waals surface area contributed by atoms with Gasteiger partial charge >= 0.3 is 0 Å². The molecule has 4 N–H and O–H groups in total. The number of β-amino-alcohol motifs (C(OH)–C–C–N with tert-alkyl or cyclic N) is 1. The zero-order chi connectivity index (χ0) is 35.9. The van der Waals surface area contributed by atoms with Crippen LogP contribution in [0.25, 0.3) is 22.6 Å². The van der Waals surface area contributed by atoms with Crippen LogP contribution in [-0.4, -0.2) is 84.7 Å². The summed E-state index contributed by atoms with van der Waals surface area (Å²) in [6, 6.07) is 2.76. The van der Waals surface area contributed by atoms with Crippen LogP contribution in [0.4, 0.5) is 10.8 Å². The maximum absolute atomic E-state index is 13.5. The van der Waals surface area contributed by atoms with Gasteiger partial charge in [-0.2, -0.15) is 10.4 Å². The molecule has 4 unspecified atom stereocenters. The maximum Gasteiger partial charge on any atom is 0.254 e. The molecule has 4 atom stereocenters. The molecule has 4 aromatic heterocycles. The number of carbonyl (C=O) groups excluding carboxylic acids is 1. The fourth-order valence-electron chi connectivity index (χ4n) is 9.34. The van der Waals surface area contributed by atoms with Crippen molar-refractivity contribution in [3.05, 3.63) is 33.5 Å². The first-order chi connectivity index (χ1) is 24.3. The molecule has 51 heavy (non-hydrogen) atoms. The van der Waals surface area contributed by atoms with Gasteiger partial charge in [0.15, 0.2) is 28.5 Å². The summed E-state index contributed by atoms with van der Waals surface area (Å²) in [6.07, 6.45) is 10.3. The summed E-state index contributed by atoms with van der Waals surface area (Å²) >= 11 is 1.53. The lowest BCUT2D eigenvalue weighted by atomic mass is 9.63. The summed E-state index contributed by atoms with van der Waals surface area (Å²) in [4.78, 5) is 29.4. The van der Waals surface area contributed by atoms with Gasteiger partial charge in [-0.3, -0.25) is 4.79 Å². The third kappa shape index (κ3) is 5.50. The Hall–Kier alpha value is -4.06. The van der Waals surface area contributed by atoms with Crippen LogP contribution in [0.5, 0.6) is 0 Å². The fraction of sp³-hybridized carbons (Fsp3) is 0.622. The van der Waals surface area contributed by atoms with Crippen molar-refractivity contribution < 1.29 is 14.4 Å². The number of likely N-dealkylation sites (tertiary alicyclic amines) is 1. The Morgan fingerprint density at radius 3 is 2.69 bits per heavy atom. The molecule has 0 bridgehead atoms. The third-order valence-corrected chi connectivity index (χ3v) is 12.8. The second-order valence-electron chi connectivity index (χ2n) is 16.3. The van der Waals surface area contributed by atoms with Gasteiger partial charge < -0.3 is 30.5 Å². The van der Waals surface area contributed by atoms with Crippen LogP contribution < -0.4 is 16.0 Å². The average Bonchev–Trinajstić information content (AvgIpc) is 3.88. The fourth-order valence-corrected chi connectivity index (χ4v) is 10.5. The highest BCUT2D eigenvalue weighted by Crippen LogP contribution is 2.55. The Balaban J connectivity index is 1.27. The summed E-state index contributed by atoms with van der Waals surface area (Å²) in [5, 5.41) is 35.9.